The Morgan fingerprint density at radius 3 is 2.79 bits per heavy atom. The highest BCUT2D eigenvalue weighted by Gasteiger charge is 2.30. The highest BCUT2D eigenvalue weighted by atomic mass is 32.2. The molecule has 0 fully saturated rings. The highest BCUT2D eigenvalue weighted by Crippen LogP contribution is 2.42. The predicted molar refractivity (Wildman–Crippen MR) is 135 cm³/mol. The van der Waals surface area contributed by atoms with E-state index in [9.17, 15) is 14.9 Å². The number of nitrogens with one attached hydrogen (secondary N) is 1. The van der Waals surface area contributed by atoms with Gasteiger partial charge in [-0.25, -0.2) is 9.78 Å². The van der Waals surface area contributed by atoms with Gasteiger partial charge in [-0.05, 0) is 55.4 Å². The summed E-state index contributed by atoms with van der Waals surface area (Å²) < 4.78 is 5.04. The summed E-state index contributed by atoms with van der Waals surface area (Å²) in [5.74, 6) is 0.282. The first-order valence-corrected chi connectivity index (χ1v) is 12.9. The molecule has 8 heteroatoms. The molecule has 0 bridgehead atoms. The zero-order valence-electron chi connectivity index (χ0n) is 19.1. The SMILES string of the molecule is COC(=O)c1c(NC(=O)CCSc2nc(C)ccc2C#N)sc2c1CCC(c1ccccc1)C2. The van der Waals surface area contributed by atoms with Gasteiger partial charge >= 0.3 is 5.97 Å². The molecule has 1 amide bonds. The smallest absolute Gasteiger partial charge is 0.341 e. The van der Waals surface area contributed by atoms with Crippen molar-refractivity contribution in [3.63, 3.8) is 0 Å². The number of pyridine rings is 1. The van der Waals surface area contributed by atoms with Crippen LogP contribution in [-0.2, 0) is 22.4 Å². The molecule has 0 saturated carbocycles. The Bertz CT molecular complexity index is 1250. The Hall–Kier alpha value is -3.15. The number of amides is 1. The van der Waals surface area contributed by atoms with Crippen LogP contribution >= 0.6 is 23.1 Å². The minimum atomic E-state index is -0.414. The lowest BCUT2D eigenvalue weighted by Crippen LogP contribution is -2.16. The zero-order valence-corrected chi connectivity index (χ0v) is 20.7. The lowest BCUT2D eigenvalue weighted by atomic mass is 9.83. The van der Waals surface area contributed by atoms with Crippen molar-refractivity contribution in [2.75, 3.05) is 18.2 Å². The van der Waals surface area contributed by atoms with Crippen LogP contribution in [0.3, 0.4) is 0 Å². The van der Waals surface area contributed by atoms with E-state index in [0.717, 1.165) is 35.4 Å². The second-order valence-electron chi connectivity index (χ2n) is 8.11. The van der Waals surface area contributed by atoms with Crippen LogP contribution in [0.25, 0.3) is 0 Å². The first-order chi connectivity index (χ1) is 16.5. The number of esters is 1. The number of hydrogen-bond acceptors (Lipinski definition) is 7. The molecule has 4 rings (SSSR count). The number of thiophene rings is 1. The summed E-state index contributed by atoms with van der Waals surface area (Å²) in [5.41, 5.74) is 4.11. The summed E-state index contributed by atoms with van der Waals surface area (Å²) in [6, 6.07) is 16.1. The van der Waals surface area contributed by atoms with Crippen molar-refractivity contribution in [1.82, 2.24) is 4.98 Å². The quantitative estimate of drug-likeness (QED) is 0.346. The number of thioether (sulfide) groups is 1. The van der Waals surface area contributed by atoms with Gasteiger partial charge in [0.2, 0.25) is 5.91 Å². The fraction of sp³-hybridized carbons (Fsp3) is 0.308. The topological polar surface area (TPSA) is 92.1 Å². The third-order valence-electron chi connectivity index (χ3n) is 5.87. The minimum Gasteiger partial charge on any atom is -0.465 e. The second kappa shape index (κ2) is 10.9. The fourth-order valence-corrected chi connectivity index (χ4v) is 6.45. The van der Waals surface area contributed by atoms with Crippen molar-refractivity contribution in [3.05, 3.63) is 75.3 Å². The standard InChI is InChI=1S/C26H25N3O3S2/c1-16-8-9-19(15-27)24(28-16)33-13-12-22(30)29-25-23(26(31)32-2)20-11-10-18(14-21(20)34-25)17-6-4-3-5-7-17/h3-9,18H,10-14H2,1-2H3,(H,29,30). The van der Waals surface area contributed by atoms with Crippen LogP contribution in [0.1, 0.15) is 56.4 Å². The Morgan fingerprint density at radius 2 is 2.06 bits per heavy atom. The summed E-state index contributed by atoms with van der Waals surface area (Å²) in [7, 11) is 1.37. The van der Waals surface area contributed by atoms with Crippen molar-refractivity contribution in [2.24, 2.45) is 0 Å². The summed E-state index contributed by atoms with van der Waals surface area (Å²) >= 11 is 2.86. The molecule has 1 aliphatic carbocycles. The van der Waals surface area contributed by atoms with E-state index in [1.807, 2.05) is 13.0 Å². The molecule has 6 nitrogen and oxygen atoms in total. The largest absolute Gasteiger partial charge is 0.465 e. The summed E-state index contributed by atoms with van der Waals surface area (Å²) in [6.45, 7) is 1.87. The van der Waals surface area contributed by atoms with Gasteiger partial charge < -0.3 is 10.1 Å². The van der Waals surface area contributed by atoms with Crippen LogP contribution in [0.4, 0.5) is 5.00 Å². The van der Waals surface area contributed by atoms with Gasteiger partial charge in [-0.15, -0.1) is 23.1 Å². The number of hydrogen-bond donors (Lipinski definition) is 1. The van der Waals surface area contributed by atoms with Crippen LogP contribution in [0, 0.1) is 18.3 Å². The maximum absolute atomic E-state index is 12.7. The van der Waals surface area contributed by atoms with Crippen LogP contribution in [0.15, 0.2) is 47.5 Å². The molecule has 1 N–H and O–H groups in total. The molecule has 2 aromatic heterocycles. The Labute approximate surface area is 207 Å². The van der Waals surface area contributed by atoms with E-state index in [4.69, 9.17) is 4.74 Å². The molecule has 0 aliphatic heterocycles. The molecule has 2 heterocycles. The average molecular weight is 492 g/mol. The molecule has 1 aliphatic rings. The first kappa shape index (κ1) is 24.0. The summed E-state index contributed by atoms with van der Waals surface area (Å²) in [4.78, 5) is 30.9. The number of ether oxygens (including phenoxy) is 1. The number of rotatable bonds is 7. The van der Waals surface area contributed by atoms with E-state index in [1.54, 1.807) is 12.1 Å². The van der Waals surface area contributed by atoms with E-state index in [1.165, 1.54) is 35.8 Å². The number of nitriles is 1. The number of aromatic nitrogens is 1. The summed E-state index contributed by atoms with van der Waals surface area (Å²) in [6.07, 6.45) is 2.81. The molecule has 1 aromatic carbocycles. The minimum absolute atomic E-state index is 0.179. The number of methoxy groups -OCH3 is 1. The van der Waals surface area contributed by atoms with Crippen molar-refractivity contribution in [1.29, 1.82) is 5.26 Å². The van der Waals surface area contributed by atoms with Crippen LogP contribution in [-0.4, -0.2) is 29.7 Å². The van der Waals surface area contributed by atoms with E-state index in [0.29, 0.717) is 32.8 Å². The number of carbonyl (C=O) groups is 2. The van der Waals surface area contributed by atoms with Crippen LogP contribution in [0.5, 0.6) is 0 Å². The molecule has 0 spiro atoms. The maximum Gasteiger partial charge on any atom is 0.341 e. The maximum atomic E-state index is 12.7. The molecule has 1 atom stereocenters. The third kappa shape index (κ3) is 5.32. The van der Waals surface area contributed by atoms with Gasteiger partial charge in [0.1, 0.15) is 16.1 Å². The highest BCUT2D eigenvalue weighted by molar-refractivity contribution is 7.99. The van der Waals surface area contributed by atoms with Gasteiger partial charge in [-0.3, -0.25) is 4.79 Å². The van der Waals surface area contributed by atoms with Crippen molar-refractivity contribution >= 4 is 40.0 Å². The Balaban J connectivity index is 1.46. The van der Waals surface area contributed by atoms with E-state index in [-0.39, 0.29) is 12.3 Å². The average Bonchev–Trinajstić information content (AvgIpc) is 3.21. The van der Waals surface area contributed by atoms with Gasteiger partial charge in [-0.2, -0.15) is 5.26 Å². The number of fused-ring (bicyclic) bond motifs is 1. The molecule has 1 unspecified atom stereocenters. The number of carbonyl (C=O) groups excluding carboxylic acids is 2. The first-order valence-electron chi connectivity index (χ1n) is 11.1. The number of nitrogens with zero attached hydrogens (tertiary/aromatic N) is 2. The second-order valence-corrected chi connectivity index (χ2v) is 10.3. The molecule has 0 saturated heterocycles. The molecule has 34 heavy (non-hydrogen) atoms. The van der Waals surface area contributed by atoms with Crippen LogP contribution in [0.2, 0.25) is 0 Å². The lowest BCUT2D eigenvalue weighted by Gasteiger charge is -2.22. The summed E-state index contributed by atoms with van der Waals surface area (Å²) in [5, 5.41) is 13.4. The van der Waals surface area contributed by atoms with Gasteiger partial charge in [0.05, 0.1) is 18.2 Å². The molecular weight excluding hydrogens is 466 g/mol. The molecule has 174 valence electrons. The molecular formula is C26H25N3O3S2. The van der Waals surface area contributed by atoms with Crippen molar-refractivity contribution in [3.8, 4) is 6.07 Å². The van der Waals surface area contributed by atoms with Gasteiger partial charge in [0, 0.05) is 22.7 Å². The van der Waals surface area contributed by atoms with Crippen molar-refractivity contribution < 1.29 is 14.3 Å². The Kier molecular flexibility index (Phi) is 7.66. The molecule has 3 aromatic rings. The molecule has 0 radical (unpaired) electrons. The Morgan fingerprint density at radius 1 is 1.26 bits per heavy atom. The third-order valence-corrected chi connectivity index (χ3v) is 8.03. The van der Waals surface area contributed by atoms with Gasteiger partial charge in [0.25, 0.3) is 0 Å². The number of aryl methyl sites for hydroxylation is 1. The van der Waals surface area contributed by atoms with Gasteiger partial charge in [-0.1, -0.05) is 30.3 Å². The normalized spacial score (nSPS) is 14.7. The van der Waals surface area contributed by atoms with Crippen LogP contribution < -0.4 is 5.32 Å². The van der Waals surface area contributed by atoms with E-state index in [2.05, 4.69) is 40.6 Å². The lowest BCUT2D eigenvalue weighted by molar-refractivity contribution is -0.115. The number of benzene rings is 1. The monoisotopic (exact) mass is 491 g/mol. The van der Waals surface area contributed by atoms with E-state index >= 15 is 0 Å². The van der Waals surface area contributed by atoms with Gasteiger partial charge in [0.15, 0.2) is 0 Å². The fourth-order valence-electron chi connectivity index (χ4n) is 4.16. The van der Waals surface area contributed by atoms with Crippen molar-refractivity contribution in [2.45, 2.75) is 43.6 Å². The number of anilines is 1. The predicted octanol–water partition coefficient (Wildman–Crippen LogP) is 5.50. The zero-order chi connectivity index (χ0) is 24.1. The van der Waals surface area contributed by atoms with E-state index < -0.39 is 5.97 Å².